The second-order valence-electron chi connectivity index (χ2n) is 9.94. The van der Waals surface area contributed by atoms with Crippen molar-refractivity contribution in [3.05, 3.63) is 36.4 Å². The summed E-state index contributed by atoms with van der Waals surface area (Å²) in [5.41, 5.74) is 2.86. The Hall–Kier alpha value is -2.21. The maximum absolute atomic E-state index is 12.9. The van der Waals surface area contributed by atoms with E-state index in [1.807, 2.05) is 48.7 Å². The SMILES string of the molecule is CN(C)c1cccc2c(S(=O)(=O)NCCCCCC(=O)CCCCCCCCCNOC(F)(F)F)cccc12. The molecule has 0 bridgehead atoms. The molecule has 0 saturated heterocycles. The van der Waals surface area contributed by atoms with Crippen LogP contribution < -0.4 is 15.1 Å². The highest BCUT2D eigenvalue weighted by molar-refractivity contribution is 7.89. The molecule has 0 fully saturated rings. The van der Waals surface area contributed by atoms with Gasteiger partial charge in [0.1, 0.15) is 5.78 Å². The molecule has 0 aliphatic heterocycles. The smallest absolute Gasteiger partial charge is 0.377 e. The van der Waals surface area contributed by atoms with Crippen LogP contribution in [0.25, 0.3) is 10.8 Å². The highest BCUT2D eigenvalue weighted by Gasteiger charge is 2.29. The number of carbonyl (C=O) groups excluding carboxylic acids is 1. The minimum absolute atomic E-state index is 0.169. The number of Topliss-reactive ketones (excluding diaryl/α,β-unsaturated/α-hetero) is 1. The number of sulfonamides is 1. The first-order valence-corrected chi connectivity index (χ1v) is 15.2. The van der Waals surface area contributed by atoms with Gasteiger partial charge in [0.25, 0.3) is 0 Å². The van der Waals surface area contributed by atoms with Crippen molar-refractivity contribution in [2.24, 2.45) is 0 Å². The minimum Gasteiger partial charge on any atom is -0.377 e. The molecule has 2 rings (SSSR count). The lowest BCUT2D eigenvalue weighted by Crippen LogP contribution is -2.26. The molecule has 0 unspecified atom stereocenters. The Morgan fingerprint density at radius 3 is 1.97 bits per heavy atom. The molecule has 0 radical (unpaired) electrons. The third-order valence-electron chi connectivity index (χ3n) is 6.48. The quantitative estimate of drug-likeness (QED) is 0.139. The topological polar surface area (TPSA) is 87.7 Å². The molecule has 0 aromatic heterocycles. The number of halogens is 3. The number of benzene rings is 2. The van der Waals surface area contributed by atoms with Crippen LogP contribution >= 0.6 is 0 Å². The van der Waals surface area contributed by atoms with Crippen molar-refractivity contribution < 1.29 is 31.2 Å². The number of carbonyl (C=O) groups is 1. The Morgan fingerprint density at radius 2 is 1.33 bits per heavy atom. The van der Waals surface area contributed by atoms with Gasteiger partial charge in [0.2, 0.25) is 10.0 Å². The van der Waals surface area contributed by atoms with E-state index in [0.29, 0.717) is 37.6 Å². The summed E-state index contributed by atoms with van der Waals surface area (Å²) in [5, 5.41) is 1.57. The fraction of sp³-hybridized carbons (Fsp3) is 0.607. The summed E-state index contributed by atoms with van der Waals surface area (Å²) in [5.74, 6) is 0.235. The number of alkyl halides is 3. The van der Waals surface area contributed by atoms with Crippen LogP contribution in [-0.4, -0.2) is 47.7 Å². The Balaban J connectivity index is 1.53. The van der Waals surface area contributed by atoms with Crippen molar-refractivity contribution in [1.29, 1.82) is 0 Å². The summed E-state index contributed by atoms with van der Waals surface area (Å²) in [4.78, 5) is 17.8. The largest absolute Gasteiger partial charge is 0.538 e. The van der Waals surface area contributed by atoms with Crippen LogP contribution in [0.4, 0.5) is 18.9 Å². The predicted molar refractivity (Wildman–Crippen MR) is 149 cm³/mol. The molecule has 11 heteroatoms. The molecule has 0 aliphatic rings. The van der Waals surface area contributed by atoms with Crippen molar-refractivity contribution in [3.8, 4) is 0 Å². The van der Waals surface area contributed by atoms with E-state index in [1.54, 1.807) is 12.1 Å². The summed E-state index contributed by atoms with van der Waals surface area (Å²) < 4.78 is 64.0. The average Bonchev–Trinajstić information content (AvgIpc) is 2.87. The van der Waals surface area contributed by atoms with Crippen LogP contribution in [-0.2, 0) is 19.7 Å². The molecule has 0 amide bonds. The van der Waals surface area contributed by atoms with Crippen LogP contribution in [0.3, 0.4) is 0 Å². The van der Waals surface area contributed by atoms with E-state index in [9.17, 15) is 26.4 Å². The van der Waals surface area contributed by atoms with Crippen LogP contribution in [0.15, 0.2) is 41.3 Å². The summed E-state index contributed by atoms with van der Waals surface area (Å²) in [7, 11) is 0.201. The van der Waals surface area contributed by atoms with Crippen molar-refractivity contribution in [2.75, 3.05) is 32.1 Å². The van der Waals surface area contributed by atoms with Crippen molar-refractivity contribution in [2.45, 2.75) is 88.3 Å². The summed E-state index contributed by atoms with van der Waals surface area (Å²) >= 11 is 0. The molecule has 0 heterocycles. The van der Waals surface area contributed by atoms with Crippen molar-refractivity contribution in [3.63, 3.8) is 0 Å². The number of fused-ring (bicyclic) bond motifs is 1. The number of nitrogens with zero attached hydrogens (tertiary/aromatic N) is 1. The van der Waals surface area contributed by atoms with Gasteiger partial charge in [-0.1, -0.05) is 62.8 Å². The van der Waals surface area contributed by atoms with Crippen LogP contribution in [0, 0.1) is 0 Å². The van der Waals surface area contributed by atoms with E-state index in [2.05, 4.69) is 9.56 Å². The van der Waals surface area contributed by atoms with Crippen LogP contribution in [0.5, 0.6) is 0 Å². The van der Waals surface area contributed by atoms with Crippen molar-refractivity contribution in [1.82, 2.24) is 10.2 Å². The van der Waals surface area contributed by atoms with Gasteiger partial charge in [-0.05, 0) is 37.8 Å². The minimum atomic E-state index is -4.65. The number of hydroxylamine groups is 1. The number of nitrogens with one attached hydrogen (secondary N) is 2. The van der Waals surface area contributed by atoms with E-state index < -0.39 is 16.4 Å². The predicted octanol–water partition coefficient (Wildman–Crippen LogP) is 6.48. The molecular formula is C28H42F3N3O4S. The van der Waals surface area contributed by atoms with E-state index >= 15 is 0 Å². The summed E-state index contributed by atoms with van der Waals surface area (Å²) in [6.45, 7) is 0.494. The normalized spacial score (nSPS) is 12.2. The zero-order chi connectivity index (χ0) is 28.7. The molecule has 0 spiro atoms. The lowest BCUT2D eigenvalue weighted by atomic mass is 10.0. The van der Waals surface area contributed by atoms with Crippen LogP contribution in [0.1, 0.15) is 77.0 Å². The van der Waals surface area contributed by atoms with Gasteiger partial charge >= 0.3 is 6.36 Å². The second kappa shape index (κ2) is 16.8. The third kappa shape index (κ3) is 12.7. The van der Waals surface area contributed by atoms with Gasteiger partial charge < -0.3 is 4.90 Å². The fourth-order valence-corrected chi connectivity index (χ4v) is 5.75. The third-order valence-corrected chi connectivity index (χ3v) is 8.00. The van der Waals surface area contributed by atoms with Gasteiger partial charge in [-0.15, -0.1) is 13.2 Å². The lowest BCUT2D eigenvalue weighted by Gasteiger charge is -2.17. The molecule has 39 heavy (non-hydrogen) atoms. The van der Waals surface area contributed by atoms with Gasteiger partial charge in [-0.25, -0.2) is 18.0 Å². The Kier molecular flexibility index (Phi) is 14.2. The molecule has 0 atom stereocenters. The molecule has 7 nitrogen and oxygen atoms in total. The number of hydrogen-bond donors (Lipinski definition) is 2. The van der Waals surface area contributed by atoms with Gasteiger partial charge in [0.15, 0.2) is 0 Å². The molecule has 220 valence electrons. The molecule has 2 aromatic rings. The maximum atomic E-state index is 12.9. The van der Waals surface area contributed by atoms with E-state index in [1.165, 1.54) is 0 Å². The molecule has 2 aromatic carbocycles. The van der Waals surface area contributed by atoms with Gasteiger partial charge in [-0.2, -0.15) is 5.48 Å². The molecule has 2 N–H and O–H groups in total. The average molecular weight is 574 g/mol. The molecular weight excluding hydrogens is 531 g/mol. The molecule has 0 saturated carbocycles. The first kappa shape index (κ1) is 33.0. The highest BCUT2D eigenvalue weighted by atomic mass is 32.2. The first-order chi connectivity index (χ1) is 18.5. The first-order valence-electron chi connectivity index (χ1n) is 13.7. The fourth-order valence-electron chi connectivity index (χ4n) is 4.46. The number of anilines is 1. The number of rotatable bonds is 20. The molecule has 0 aliphatic carbocycles. The van der Waals surface area contributed by atoms with E-state index in [-0.39, 0.29) is 17.2 Å². The zero-order valence-corrected chi connectivity index (χ0v) is 23.8. The van der Waals surface area contributed by atoms with Gasteiger partial charge in [-0.3, -0.25) is 4.79 Å². The zero-order valence-electron chi connectivity index (χ0n) is 23.0. The number of hydrogen-bond acceptors (Lipinski definition) is 6. The van der Waals surface area contributed by atoms with E-state index in [4.69, 9.17) is 0 Å². The monoisotopic (exact) mass is 573 g/mol. The standard InChI is InChI=1S/C28H42F3N3O4S/c1-34(2)26-19-13-18-25-24(26)17-14-20-27(25)39(36,37)33-22-12-8-10-16-23(35)15-9-6-4-3-5-7-11-21-32-38-28(29,30)31/h13-14,17-20,32-33H,3-12,15-16,21-22H2,1-2H3. The number of unbranched alkanes of at least 4 members (excludes halogenated alkanes) is 8. The van der Waals surface area contributed by atoms with Gasteiger partial charge in [0.05, 0.1) is 4.90 Å². The summed E-state index contributed by atoms with van der Waals surface area (Å²) in [6, 6.07) is 10.9. The van der Waals surface area contributed by atoms with Crippen LogP contribution in [0.2, 0.25) is 0 Å². The highest BCUT2D eigenvalue weighted by Crippen LogP contribution is 2.30. The Bertz CT molecular complexity index is 1120. The second-order valence-corrected chi connectivity index (χ2v) is 11.7. The van der Waals surface area contributed by atoms with E-state index in [0.717, 1.165) is 62.4 Å². The summed E-state index contributed by atoms with van der Waals surface area (Å²) in [6.07, 6.45) is 4.83. The van der Waals surface area contributed by atoms with Gasteiger partial charge in [0, 0.05) is 56.5 Å². The maximum Gasteiger partial charge on any atom is 0.538 e. The van der Waals surface area contributed by atoms with Crippen molar-refractivity contribution >= 4 is 32.3 Å². The Morgan fingerprint density at radius 1 is 0.795 bits per heavy atom. The number of ketones is 1. The lowest BCUT2D eigenvalue weighted by molar-refractivity contribution is -0.350. The Labute approximate surface area is 230 Å².